The Labute approximate surface area is 93.5 Å². The van der Waals surface area contributed by atoms with Gasteiger partial charge in [0.1, 0.15) is 0 Å². The second-order valence-corrected chi connectivity index (χ2v) is 5.05. The lowest BCUT2D eigenvalue weighted by molar-refractivity contribution is -0.0308. The van der Waals surface area contributed by atoms with Crippen LogP contribution in [0.25, 0.3) is 0 Å². The van der Waals surface area contributed by atoms with Crippen molar-refractivity contribution in [3.8, 4) is 0 Å². The van der Waals surface area contributed by atoms with Crippen molar-refractivity contribution in [1.82, 2.24) is 9.88 Å². The van der Waals surface area contributed by atoms with E-state index in [2.05, 4.69) is 9.88 Å². The van der Waals surface area contributed by atoms with Crippen LogP contribution >= 0.6 is 11.3 Å². The average molecular weight is 228 g/mol. The summed E-state index contributed by atoms with van der Waals surface area (Å²) in [5, 5.41) is 10.3. The fourth-order valence-electron chi connectivity index (χ4n) is 1.74. The molecule has 1 aliphatic rings. The number of rotatable bonds is 3. The normalized spacial score (nSPS) is 23.2. The van der Waals surface area contributed by atoms with Crippen LogP contribution in [0.1, 0.15) is 9.88 Å². The molecule has 1 N–H and O–H groups in total. The highest BCUT2D eigenvalue weighted by Crippen LogP contribution is 2.17. The van der Waals surface area contributed by atoms with Gasteiger partial charge in [0.2, 0.25) is 0 Å². The zero-order valence-electron chi connectivity index (χ0n) is 8.85. The molecule has 1 unspecified atom stereocenters. The van der Waals surface area contributed by atoms with Gasteiger partial charge in [0.25, 0.3) is 0 Å². The standard InChI is InChI=1S/C10H16N2O2S/c1-8-11-4-10(15-8)5-12-2-3-14-7-9(12)6-13/h4,9,13H,2-3,5-7H2,1H3. The number of aliphatic hydroxyl groups excluding tert-OH is 1. The molecule has 15 heavy (non-hydrogen) atoms. The number of ether oxygens (including phenoxy) is 1. The molecule has 84 valence electrons. The summed E-state index contributed by atoms with van der Waals surface area (Å²) in [7, 11) is 0. The second kappa shape index (κ2) is 5.03. The summed E-state index contributed by atoms with van der Waals surface area (Å²) < 4.78 is 5.33. The van der Waals surface area contributed by atoms with Crippen molar-refractivity contribution in [2.45, 2.75) is 19.5 Å². The molecule has 2 rings (SSSR count). The molecule has 1 fully saturated rings. The zero-order valence-corrected chi connectivity index (χ0v) is 9.66. The minimum atomic E-state index is 0.140. The van der Waals surface area contributed by atoms with Crippen molar-refractivity contribution in [1.29, 1.82) is 0 Å². The van der Waals surface area contributed by atoms with Gasteiger partial charge < -0.3 is 9.84 Å². The molecule has 0 saturated carbocycles. The molecule has 1 atom stereocenters. The highest BCUT2D eigenvalue weighted by Gasteiger charge is 2.22. The summed E-state index contributed by atoms with van der Waals surface area (Å²) >= 11 is 1.72. The Balaban J connectivity index is 1.97. The fourth-order valence-corrected chi connectivity index (χ4v) is 2.56. The quantitative estimate of drug-likeness (QED) is 0.825. The number of hydrogen-bond acceptors (Lipinski definition) is 5. The number of morpholine rings is 1. The number of thiazole rings is 1. The van der Waals surface area contributed by atoms with Gasteiger partial charge in [0.15, 0.2) is 0 Å². The second-order valence-electron chi connectivity index (χ2n) is 3.73. The van der Waals surface area contributed by atoms with E-state index in [1.807, 2.05) is 13.1 Å². The lowest BCUT2D eigenvalue weighted by Gasteiger charge is -2.33. The third-order valence-corrected chi connectivity index (χ3v) is 3.49. The molecule has 0 amide bonds. The predicted molar refractivity (Wildman–Crippen MR) is 59.0 cm³/mol. The molecule has 1 saturated heterocycles. The van der Waals surface area contributed by atoms with Crippen LogP contribution in [0.15, 0.2) is 6.20 Å². The number of hydrogen-bond donors (Lipinski definition) is 1. The zero-order chi connectivity index (χ0) is 10.7. The maximum absolute atomic E-state index is 9.21. The molecule has 0 spiro atoms. The lowest BCUT2D eigenvalue weighted by Crippen LogP contribution is -2.46. The van der Waals surface area contributed by atoms with E-state index in [4.69, 9.17) is 4.74 Å². The third kappa shape index (κ3) is 2.75. The number of aliphatic hydroxyl groups is 1. The van der Waals surface area contributed by atoms with Gasteiger partial charge in [-0.3, -0.25) is 4.90 Å². The van der Waals surface area contributed by atoms with Crippen molar-refractivity contribution < 1.29 is 9.84 Å². The summed E-state index contributed by atoms with van der Waals surface area (Å²) in [6.45, 7) is 5.33. The SMILES string of the molecule is Cc1ncc(CN2CCOCC2CO)s1. The molecule has 1 aromatic heterocycles. The minimum absolute atomic E-state index is 0.140. The van der Waals surface area contributed by atoms with Crippen LogP contribution in [0.3, 0.4) is 0 Å². The van der Waals surface area contributed by atoms with E-state index >= 15 is 0 Å². The summed E-state index contributed by atoms with van der Waals surface area (Å²) in [6.07, 6.45) is 1.92. The summed E-state index contributed by atoms with van der Waals surface area (Å²) in [6, 6.07) is 0.140. The van der Waals surface area contributed by atoms with Crippen molar-refractivity contribution in [3.05, 3.63) is 16.1 Å². The van der Waals surface area contributed by atoms with Gasteiger partial charge in [-0.25, -0.2) is 4.98 Å². The molecule has 0 radical (unpaired) electrons. The Hall–Kier alpha value is -0.490. The summed E-state index contributed by atoms with van der Waals surface area (Å²) in [4.78, 5) is 7.75. The average Bonchev–Trinajstić information content (AvgIpc) is 2.65. The van der Waals surface area contributed by atoms with Crippen molar-refractivity contribution >= 4 is 11.3 Å². The van der Waals surface area contributed by atoms with Crippen LogP contribution in [0.2, 0.25) is 0 Å². The van der Waals surface area contributed by atoms with Crippen LogP contribution in [-0.2, 0) is 11.3 Å². The first-order chi connectivity index (χ1) is 7.29. The van der Waals surface area contributed by atoms with Gasteiger partial charge in [-0.2, -0.15) is 0 Å². The first-order valence-electron chi connectivity index (χ1n) is 5.13. The Morgan fingerprint density at radius 1 is 1.73 bits per heavy atom. The molecule has 0 aromatic carbocycles. The van der Waals surface area contributed by atoms with E-state index in [9.17, 15) is 5.11 Å². The van der Waals surface area contributed by atoms with Gasteiger partial charge in [-0.15, -0.1) is 11.3 Å². The Bertz CT molecular complexity index is 316. The van der Waals surface area contributed by atoms with E-state index < -0.39 is 0 Å². The molecule has 1 aliphatic heterocycles. The lowest BCUT2D eigenvalue weighted by atomic mass is 10.2. The van der Waals surface area contributed by atoms with Crippen LogP contribution in [0, 0.1) is 6.92 Å². The van der Waals surface area contributed by atoms with Gasteiger partial charge >= 0.3 is 0 Å². The molecular formula is C10H16N2O2S. The predicted octanol–water partition coefficient (Wildman–Crippen LogP) is 0.645. The maximum Gasteiger partial charge on any atom is 0.0897 e. The molecule has 2 heterocycles. The first kappa shape index (κ1) is 11.0. The summed E-state index contributed by atoms with van der Waals surface area (Å²) in [5.74, 6) is 0. The van der Waals surface area contributed by atoms with E-state index in [-0.39, 0.29) is 12.6 Å². The number of aromatic nitrogens is 1. The molecule has 4 nitrogen and oxygen atoms in total. The van der Waals surface area contributed by atoms with Crippen LogP contribution < -0.4 is 0 Å². The largest absolute Gasteiger partial charge is 0.395 e. The van der Waals surface area contributed by atoms with Crippen molar-refractivity contribution in [3.63, 3.8) is 0 Å². The first-order valence-corrected chi connectivity index (χ1v) is 5.95. The van der Waals surface area contributed by atoms with Gasteiger partial charge in [-0.1, -0.05) is 0 Å². The van der Waals surface area contributed by atoms with Crippen molar-refractivity contribution in [2.75, 3.05) is 26.4 Å². The fraction of sp³-hybridized carbons (Fsp3) is 0.700. The van der Waals surface area contributed by atoms with E-state index in [1.54, 1.807) is 11.3 Å². The summed E-state index contributed by atoms with van der Waals surface area (Å²) in [5.41, 5.74) is 0. The Morgan fingerprint density at radius 3 is 3.27 bits per heavy atom. The highest BCUT2D eigenvalue weighted by atomic mass is 32.1. The molecular weight excluding hydrogens is 212 g/mol. The third-order valence-electron chi connectivity index (χ3n) is 2.59. The smallest absolute Gasteiger partial charge is 0.0897 e. The topological polar surface area (TPSA) is 45.6 Å². The minimum Gasteiger partial charge on any atom is -0.395 e. The number of aryl methyl sites for hydroxylation is 1. The number of nitrogens with zero attached hydrogens (tertiary/aromatic N) is 2. The van der Waals surface area contributed by atoms with Gasteiger partial charge in [-0.05, 0) is 6.92 Å². The van der Waals surface area contributed by atoms with Crippen molar-refractivity contribution in [2.24, 2.45) is 0 Å². The molecule has 0 bridgehead atoms. The monoisotopic (exact) mass is 228 g/mol. The van der Waals surface area contributed by atoms with Gasteiger partial charge in [0, 0.05) is 24.2 Å². The van der Waals surface area contributed by atoms with Crippen LogP contribution in [0.4, 0.5) is 0 Å². The van der Waals surface area contributed by atoms with Crippen LogP contribution in [-0.4, -0.2) is 47.4 Å². The highest BCUT2D eigenvalue weighted by molar-refractivity contribution is 7.11. The van der Waals surface area contributed by atoms with E-state index in [0.717, 1.165) is 24.7 Å². The van der Waals surface area contributed by atoms with Crippen LogP contribution in [0.5, 0.6) is 0 Å². The van der Waals surface area contributed by atoms with Gasteiger partial charge in [0.05, 0.1) is 30.9 Å². The molecule has 0 aliphatic carbocycles. The van der Waals surface area contributed by atoms with E-state index in [1.165, 1.54) is 4.88 Å². The molecule has 5 heteroatoms. The van der Waals surface area contributed by atoms with E-state index in [0.29, 0.717) is 6.61 Å². The molecule has 1 aromatic rings. The maximum atomic E-state index is 9.21. The Kier molecular flexibility index (Phi) is 3.69. The Morgan fingerprint density at radius 2 is 2.60 bits per heavy atom.